The Hall–Kier alpha value is -2.97. The van der Waals surface area contributed by atoms with E-state index in [9.17, 15) is 19.5 Å². The molecular formula is C20H17ClN2O5S. The van der Waals surface area contributed by atoms with Gasteiger partial charge < -0.3 is 9.52 Å². The number of carboxylic acids is 1. The summed E-state index contributed by atoms with van der Waals surface area (Å²) in [6.07, 6.45) is 1.34. The monoisotopic (exact) mass is 432 g/mol. The van der Waals surface area contributed by atoms with E-state index in [1.165, 1.54) is 34.1 Å². The van der Waals surface area contributed by atoms with E-state index in [0.717, 1.165) is 0 Å². The molecule has 29 heavy (non-hydrogen) atoms. The van der Waals surface area contributed by atoms with Crippen LogP contribution in [-0.4, -0.2) is 50.9 Å². The summed E-state index contributed by atoms with van der Waals surface area (Å²) in [5, 5.41) is 9.91. The summed E-state index contributed by atoms with van der Waals surface area (Å²) < 4.78 is 5.71. The lowest BCUT2D eigenvalue weighted by Gasteiger charge is -2.35. The molecule has 0 spiro atoms. The number of amides is 2. The zero-order chi connectivity index (χ0) is 21.3. The van der Waals surface area contributed by atoms with Crippen LogP contribution in [0.25, 0.3) is 17.4 Å². The molecule has 2 heterocycles. The summed E-state index contributed by atoms with van der Waals surface area (Å²) >= 11 is 11.2. The van der Waals surface area contributed by atoms with Gasteiger partial charge in [-0.25, -0.2) is 4.79 Å². The number of aromatic carboxylic acids is 1. The summed E-state index contributed by atoms with van der Waals surface area (Å²) in [6.45, 7) is 4.19. The van der Waals surface area contributed by atoms with Crippen LogP contribution in [-0.2, 0) is 9.59 Å². The zero-order valence-electron chi connectivity index (χ0n) is 15.6. The number of furan rings is 1. The molecule has 1 aliphatic rings. The van der Waals surface area contributed by atoms with Crippen molar-refractivity contribution in [3.8, 4) is 11.3 Å². The zero-order valence-corrected chi connectivity index (χ0v) is 17.2. The van der Waals surface area contributed by atoms with Crippen molar-refractivity contribution in [1.29, 1.82) is 0 Å². The number of hydrogen-bond acceptors (Lipinski definition) is 5. The Morgan fingerprint density at radius 2 is 1.76 bits per heavy atom. The molecule has 0 radical (unpaired) electrons. The highest BCUT2D eigenvalue weighted by atomic mass is 35.5. The minimum Gasteiger partial charge on any atom is -0.478 e. The molecular weight excluding hydrogens is 416 g/mol. The first kappa shape index (κ1) is 20.8. The highest BCUT2D eigenvalue weighted by Crippen LogP contribution is 2.30. The Morgan fingerprint density at radius 3 is 2.31 bits per heavy atom. The van der Waals surface area contributed by atoms with Crippen LogP contribution in [0.3, 0.4) is 0 Å². The molecule has 2 aromatic rings. The highest BCUT2D eigenvalue weighted by molar-refractivity contribution is 7.80. The lowest BCUT2D eigenvalue weighted by Crippen LogP contribution is -2.55. The van der Waals surface area contributed by atoms with Crippen molar-refractivity contribution in [3.63, 3.8) is 0 Å². The normalized spacial score (nSPS) is 14.6. The van der Waals surface area contributed by atoms with Crippen molar-refractivity contribution >= 4 is 52.8 Å². The average molecular weight is 433 g/mol. The summed E-state index contributed by atoms with van der Waals surface area (Å²) in [5.41, 5.74) is 0.239. The predicted octanol–water partition coefficient (Wildman–Crippen LogP) is 3.68. The van der Waals surface area contributed by atoms with Gasteiger partial charge >= 0.3 is 5.97 Å². The third kappa shape index (κ3) is 3.81. The second-order valence-corrected chi connectivity index (χ2v) is 6.94. The molecule has 1 aromatic carbocycles. The van der Waals surface area contributed by atoms with Gasteiger partial charge in [0.2, 0.25) is 0 Å². The van der Waals surface area contributed by atoms with E-state index < -0.39 is 17.8 Å². The van der Waals surface area contributed by atoms with Crippen molar-refractivity contribution in [3.05, 3.63) is 52.3 Å². The van der Waals surface area contributed by atoms with Crippen molar-refractivity contribution in [1.82, 2.24) is 9.80 Å². The van der Waals surface area contributed by atoms with Gasteiger partial charge in [0.25, 0.3) is 11.8 Å². The van der Waals surface area contributed by atoms with Crippen molar-refractivity contribution < 1.29 is 23.9 Å². The molecule has 0 saturated carbocycles. The number of hydrogen-bond donors (Lipinski definition) is 1. The first-order chi connectivity index (χ1) is 13.8. The second kappa shape index (κ2) is 8.18. The van der Waals surface area contributed by atoms with Gasteiger partial charge in [0, 0.05) is 23.7 Å². The van der Waals surface area contributed by atoms with Crippen LogP contribution < -0.4 is 0 Å². The summed E-state index contributed by atoms with van der Waals surface area (Å²) in [5.74, 6) is -1.65. The van der Waals surface area contributed by atoms with Crippen LogP contribution >= 0.6 is 23.8 Å². The fourth-order valence-electron chi connectivity index (χ4n) is 3.01. The first-order valence-corrected chi connectivity index (χ1v) is 9.59. The lowest BCUT2D eigenvalue weighted by molar-refractivity contribution is -0.133. The summed E-state index contributed by atoms with van der Waals surface area (Å²) in [4.78, 5) is 39.5. The molecule has 1 aliphatic heterocycles. The average Bonchev–Trinajstić information content (AvgIpc) is 3.14. The maximum absolute atomic E-state index is 12.7. The Kier molecular flexibility index (Phi) is 5.86. The smallest absolute Gasteiger partial charge is 0.336 e. The fraction of sp³-hybridized carbons (Fsp3) is 0.200. The van der Waals surface area contributed by atoms with Gasteiger partial charge in [0.1, 0.15) is 17.1 Å². The third-order valence-electron chi connectivity index (χ3n) is 4.44. The van der Waals surface area contributed by atoms with E-state index >= 15 is 0 Å². The van der Waals surface area contributed by atoms with Gasteiger partial charge in [-0.1, -0.05) is 11.6 Å². The number of rotatable bonds is 5. The molecule has 0 unspecified atom stereocenters. The van der Waals surface area contributed by atoms with E-state index in [2.05, 4.69) is 0 Å². The lowest BCUT2D eigenvalue weighted by atomic mass is 10.1. The van der Waals surface area contributed by atoms with Crippen LogP contribution in [0.4, 0.5) is 0 Å². The first-order valence-electron chi connectivity index (χ1n) is 8.80. The minimum atomic E-state index is -1.13. The molecule has 0 bridgehead atoms. The number of carbonyl (C=O) groups excluding carboxylic acids is 2. The van der Waals surface area contributed by atoms with Crippen LogP contribution in [0.15, 0.2) is 40.3 Å². The molecule has 1 saturated heterocycles. The molecule has 7 nitrogen and oxygen atoms in total. The fourth-order valence-corrected chi connectivity index (χ4v) is 3.60. The molecule has 1 fully saturated rings. The van der Waals surface area contributed by atoms with Crippen molar-refractivity contribution in [2.75, 3.05) is 13.1 Å². The van der Waals surface area contributed by atoms with E-state index in [1.807, 2.05) is 0 Å². The predicted molar refractivity (Wildman–Crippen MR) is 111 cm³/mol. The number of carboxylic acid groups (broad SMARTS) is 1. The van der Waals surface area contributed by atoms with Crippen LogP contribution in [0.1, 0.15) is 30.0 Å². The van der Waals surface area contributed by atoms with Gasteiger partial charge in [-0.3, -0.25) is 19.4 Å². The van der Waals surface area contributed by atoms with Gasteiger partial charge in [-0.05, 0) is 62.5 Å². The quantitative estimate of drug-likeness (QED) is 0.440. The molecule has 3 rings (SSSR count). The maximum Gasteiger partial charge on any atom is 0.336 e. The molecule has 1 N–H and O–H groups in total. The molecule has 9 heteroatoms. The van der Waals surface area contributed by atoms with E-state index in [1.54, 1.807) is 26.0 Å². The number of nitrogens with zero attached hydrogens (tertiary/aromatic N) is 2. The SMILES string of the molecule is CCN1C(=O)C(=Cc2ccc(-c3cc(Cl)ccc3C(=O)O)o2)C(=O)N(CC)C1=S. The number of thiocarbonyl (C=S) groups is 1. The largest absolute Gasteiger partial charge is 0.478 e. The van der Waals surface area contributed by atoms with Crippen molar-refractivity contribution in [2.24, 2.45) is 0 Å². The number of likely N-dealkylation sites (N-methyl/N-ethyl adjacent to an activating group) is 2. The number of benzene rings is 1. The summed E-state index contributed by atoms with van der Waals surface area (Å²) in [7, 11) is 0. The third-order valence-corrected chi connectivity index (χ3v) is 5.11. The van der Waals surface area contributed by atoms with Gasteiger partial charge in [-0.15, -0.1) is 0 Å². The van der Waals surface area contributed by atoms with Gasteiger partial charge in [0.15, 0.2) is 5.11 Å². The van der Waals surface area contributed by atoms with Crippen molar-refractivity contribution in [2.45, 2.75) is 13.8 Å². The van der Waals surface area contributed by atoms with Crippen LogP contribution in [0.5, 0.6) is 0 Å². The standard InChI is InChI=1S/C20H17ClN2O5S/c1-3-22-17(24)15(18(25)23(4-2)20(22)29)10-12-6-8-16(28-12)14-9-11(21)5-7-13(14)19(26)27/h5-10H,3-4H2,1-2H3,(H,26,27). The van der Waals surface area contributed by atoms with E-state index in [4.69, 9.17) is 28.2 Å². The van der Waals surface area contributed by atoms with Crippen LogP contribution in [0.2, 0.25) is 5.02 Å². The summed E-state index contributed by atoms with van der Waals surface area (Å²) in [6, 6.07) is 7.44. The number of halogens is 1. The second-order valence-electron chi connectivity index (χ2n) is 6.14. The Balaban J connectivity index is 2.03. The Labute approximate surface area is 177 Å². The van der Waals surface area contributed by atoms with Crippen LogP contribution in [0, 0.1) is 0 Å². The highest BCUT2D eigenvalue weighted by Gasteiger charge is 2.38. The molecule has 0 atom stereocenters. The molecule has 150 valence electrons. The number of carbonyl (C=O) groups is 3. The maximum atomic E-state index is 12.7. The topological polar surface area (TPSA) is 91.1 Å². The molecule has 1 aromatic heterocycles. The van der Waals surface area contributed by atoms with Gasteiger partial charge in [-0.2, -0.15) is 0 Å². The van der Waals surface area contributed by atoms with E-state index in [0.29, 0.717) is 23.7 Å². The molecule has 2 amide bonds. The van der Waals surface area contributed by atoms with E-state index in [-0.39, 0.29) is 27.8 Å². The molecule has 0 aliphatic carbocycles. The Morgan fingerprint density at radius 1 is 1.14 bits per heavy atom. The Bertz CT molecular complexity index is 1030. The van der Waals surface area contributed by atoms with Gasteiger partial charge in [0.05, 0.1) is 5.56 Å². The minimum absolute atomic E-state index is 0.0208.